The maximum atomic E-state index is 5.78. The average molecular weight is 314 g/mol. The highest BCUT2D eigenvalue weighted by Gasteiger charge is 2.41. The summed E-state index contributed by atoms with van der Waals surface area (Å²) in [6.45, 7) is 0. The predicted molar refractivity (Wildman–Crippen MR) is 75.0 cm³/mol. The van der Waals surface area contributed by atoms with Crippen molar-refractivity contribution in [1.29, 1.82) is 0 Å². The van der Waals surface area contributed by atoms with Gasteiger partial charge in [-0.2, -0.15) is 0 Å². The molecule has 0 aliphatic heterocycles. The van der Waals surface area contributed by atoms with E-state index in [2.05, 4.69) is 32.4 Å². The molecule has 18 heavy (non-hydrogen) atoms. The standard InChI is InChI=1S/C13H20BrN3O/c1-18-13(4-2-3-5-13)12(17-15)7-10-6-11(14)9-16-8-10/h6,8-9,12,17H,2-5,7,15H2,1H3. The lowest BCUT2D eigenvalue weighted by Gasteiger charge is -2.36. The monoisotopic (exact) mass is 313 g/mol. The van der Waals surface area contributed by atoms with Crippen molar-refractivity contribution in [1.82, 2.24) is 10.4 Å². The van der Waals surface area contributed by atoms with Crippen molar-refractivity contribution in [2.45, 2.75) is 43.7 Å². The molecule has 100 valence electrons. The number of rotatable bonds is 5. The fraction of sp³-hybridized carbons (Fsp3) is 0.615. The van der Waals surface area contributed by atoms with Gasteiger partial charge in [0.2, 0.25) is 0 Å². The van der Waals surface area contributed by atoms with Crippen LogP contribution in [0.25, 0.3) is 0 Å². The SMILES string of the molecule is COC1(C(Cc2cncc(Br)c2)NN)CCCC1. The molecule has 1 unspecified atom stereocenters. The summed E-state index contributed by atoms with van der Waals surface area (Å²) in [6, 6.07) is 2.21. The second kappa shape index (κ2) is 6.10. The van der Waals surface area contributed by atoms with E-state index in [1.165, 1.54) is 12.8 Å². The number of nitrogens with one attached hydrogen (secondary N) is 1. The number of halogens is 1. The van der Waals surface area contributed by atoms with Crippen LogP contribution < -0.4 is 11.3 Å². The highest BCUT2D eigenvalue weighted by molar-refractivity contribution is 9.10. The van der Waals surface area contributed by atoms with E-state index in [0.717, 1.165) is 29.3 Å². The molecule has 0 saturated heterocycles. The zero-order chi connectivity index (χ0) is 13.0. The molecule has 1 saturated carbocycles. The smallest absolute Gasteiger partial charge is 0.0847 e. The first-order valence-electron chi connectivity index (χ1n) is 6.31. The zero-order valence-electron chi connectivity index (χ0n) is 10.7. The Labute approximate surface area is 116 Å². The molecule has 1 aromatic rings. The molecule has 1 aliphatic carbocycles. The highest BCUT2D eigenvalue weighted by Crippen LogP contribution is 2.36. The van der Waals surface area contributed by atoms with Crippen LogP contribution in [0.5, 0.6) is 0 Å². The van der Waals surface area contributed by atoms with E-state index in [9.17, 15) is 0 Å². The fourth-order valence-corrected chi connectivity index (χ4v) is 3.28. The number of methoxy groups -OCH3 is 1. The van der Waals surface area contributed by atoms with Crippen LogP contribution in [-0.2, 0) is 11.2 Å². The van der Waals surface area contributed by atoms with E-state index in [1.807, 2.05) is 6.20 Å². The van der Waals surface area contributed by atoms with Crippen LogP contribution in [0.3, 0.4) is 0 Å². The summed E-state index contributed by atoms with van der Waals surface area (Å²) >= 11 is 3.44. The lowest BCUT2D eigenvalue weighted by atomic mass is 9.88. The average Bonchev–Trinajstić information content (AvgIpc) is 2.86. The van der Waals surface area contributed by atoms with Gasteiger partial charge in [-0.05, 0) is 46.8 Å². The molecule has 1 fully saturated rings. The quantitative estimate of drug-likeness (QED) is 0.646. The minimum Gasteiger partial charge on any atom is -0.377 e. The number of pyridine rings is 1. The molecule has 1 aliphatic rings. The first-order valence-corrected chi connectivity index (χ1v) is 7.10. The van der Waals surface area contributed by atoms with E-state index in [0.29, 0.717) is 0 Å². The van der Waals surface area contributed by atoms with Crippen molar-refractivity contribution in [3.05, 3.63) is 28.5 Å². The van der Waals surface area contributed by atoms with Gasteiger partial charge in [0.25, 0.3) is 0 Å². The van der Waals surface area contributed by atoms with Crippen molar-refractivity contribution in [2.75, 3.05) is 7.11 Å². The van der Waals surface area contributed by atoms with E-state index in [-0.39, 0.29) is 11.6 Å². The van der Waals surface area contributed by atoms with E-state index < -0.39 is 0 Å². The molecule has 1 heterocycles. The third kappa shape index (κ3) is 2.91. The van der Waals surface area contributed by atoms with E-state index in [1.54, 1.807) is 13.3 Å². The Kier molecular flexibility index (Phi) is 4.72. The van der Waals surface area contributed by atoms with Crippen molar-refractivity contribution in [3.63, 3.8) is 0 Å². The second-order valence-corrected chi connectivity index (χ2v) is 5.83. The molecule has 3 N–H and O–H groups in total. The summed E-state index contributed by atoms with van der Waals surface area (Å²) in [4.78, 5) is 4.19. The normalized spacial score (nSPS) is 19.9. The summed E-state index contributed by atoms with van der Waals surface area (Å²) < 4.78 is 6.77. The summed E-state index contributed by atoms with van der Waals surface area (Å²) in [5.74, 6) is 5.74. The third-order valence-electron chi connectivity index (χ3n) is 3.89. The van der Waals surface area contributed by atoms with Gasteiger partial charge in [-0.15, -0.1) is 0 Å². The van der Waals surface area contributed by atoms with Crippen LogP contribution in [0.15, 0.2) is 22.9 Å². The zero-order valence-corrected chi connectivity index (χ0v) is 12.2. The molecule has 0 radical (unpaired) electrons. The number of ether oxygens (including phenoxy) is 1. The van der Waals surface area contributed by atoms with Crippen LogP contribution in [-0.4, -0.2) is 23.7 Å². The Hall–Kier alpha value is -0.490. The molecular formula is C13H20BrN3O. The summed E-state index contributed by atoms with van der Waals surface area (Å²) in [5.41, 5.74) is 3.97. The molecule has 0 aromatic carbocycles. The van der Waals surface area contributed by atoms with Gasteiger partial charge < -0.3 is 4.74 Å². The Bertz CT molecular complexity index is 394. The number of hydrazine groups is 1. The van der Waals surface area contributed by atoms with Crippen molar-refractivity contribution >= 4 is 15.9 Å². The molecule has 4 nitrogen and oxygen atoms in total. The number of nitrogens with zero attached hydrogens (tertiary/aromatic N) is 1. The van der Waals surface area contributed by atoms with Crippen LogP contribution in [0.4, 0.5) is 0 Å². The number of hydrogen-bond acceptors (Lipinski definition) is 4. The van der Waals surface area contributed by atoms with Gasteiger partial charge in [-0.1, -0.05) is 12.8 Å². The van der Waals surface area contributed by atoms with Crippen molar-refractivity contribution < 1.29 is 4.74 Å². The lowest BCUT2D eigenvalue weighted by Crippen LogP contribution is -2.54. The maximum absolute atomic E-state index is 5.78. The lowest BCUT2D eigenvalue weighted by molar-refractivity contribution is -0.0356. The largest absolute Gasteiger partial charge is 0.377 e. The number of aromatic nitrogens is 1. The van der Waals surface area contributed by atoms with Crippen LogP contribution in [0.2, 0.25) is 0 Å². The minimum atomic E-state index is -0.128. The van der Waals surface area contributed by atoms with Crippen molar-refractivity contribution in [3.8, 4) is 0 Å². The third-order valence-corrected chi connectivity index (χ3v) is 4.33. The Morgan fingerprint density at radius 2 is 2.22 bits per heavy atom. The Morgan fingerprint density at radius 1 is 1.50 bits per heavy atom. The number of hydrogen-bond donors (Lipinski definition) is 2. The van der Waals surface area contributed by atoms with Gasteiger partial charge in [0.1, 0.15) is 0 Å². The van der Waals surface area contributed by atoms with Gasteiger partial charge in [-0.3, -0.25) is 16.3 Å². The topological polar surface area (TPSA) is 60.2 Å². The van der Waals surface area contributed by atoms with Crippen LogP contribution >= 0.6 is 15.9 Å². The Morgan fingerprint density at radius 3 is 2.78 bits per heavy atom. The molecule has 0 bridgehead atoms. The highest BCUT2D eigenvalue weighted by atomic mass is 79.9. The van der Waals surface area contributed by atoms with Crippen LogP contribution in [0.1, 0.15) is 31.2 Å². The van der Waals surface area contributed by atoms with Gasteiger partial charge in [0.05, 0.1) is 11.6 Å². The Balaban J connectivity index is 2.13. The van der Waals surface area contributed by atoms with Crippen LogP contribution in [0, 0.1) is 0 Å². The summed E-state index contributed by atoms with van der Waals surface area (Å²) in [6.07, 6.45) is 9.06. The van der Waals surface area contributed by atoms with E-state index in [4.69, 9.17) is 10.6 Å². The molecule has 1 aromatic heterocycles. The van der Waals surface area contributed by atoms with Gasteiger partial charge in [0.15, 0.2) is 0 Å². The fourth-order valence-electron chi connectivity index (χ4n) is 2.87. The summed E-state index contributed by atoms with van der Waals surface area (Å²) in [5, 5.41) is 0. The van der Waals surface area contributed by atoms with E-state index >= 15 is 0 Å². The maximum Gasteiger partial charge on any atom is 0.0847 e. The molecule has 0 amide bonds. The first-order chi connectivity index (χ1) is 8.70. The molecule has 0 spiro atoms. The summed E-state index contributed by atoms with van der Waals surface area (Å²) in [7, 11) is 1.79. The molecule has 2 rings (SSSR count). The van der Waals surface area contributed by atoms with Gasteiger partial charge in [0, 0.05) is 24.0 Å². The van der Waals surface area contributed by atoms with Gasteiger partial charge >= 0.3 is 0 Å². The van der Waals surface area contributed by atoms with Gasteiger partial charge in [-0.25, -0.2) is 0 Å². The molecule has 5 heteroatoms. The first kappa shape index (κ1) is 13.9. The number of nitrogens with two attached hydrogens (primary N) is 1. The second-order valence-electron chi connectivity index (χ2n) is 4.91. The minimum absolute atomic E-state index is 0.126. The molecular weight excluding hydrogens is 294 g/mol. The molecule has 1 atom stereocenters. The predicted octanol–water partition coefficient (Wildman–Crippen LogP) is 2.18. The van der Waals surface area contributed by atoms with Crippen molar-refractivity contribution in [2.24, 2.45) is 5.84 Å².